The lowest BCUT2D eigenvalue weighted by atomic mass is 9.74. The summed E-state index contributed by atoms with van der Waals surface area (Å²) < 4.78 is 6.13. The van der Waals surface area contributed by atoms with Crippen molar-refractivity contribution in [1.29, 1.82) is 0 Å². The van der Waals surface area contributed by atoms with Gasteiger partial charge in [-0.25, -0.2) is 0 Å². The first kappa shape index (κ1) is 15.3. The van der Waals surface area contributed by atoms with E-state index >= 15 is 0 Å². The highest BCUT2D eigenvalue weighted by atomic mass is 16.5. The monoisotopic (exact) mass is 267 g/mol. The van der Waals surface area contributed by atoms with E-state index in [1.165, 1.54) is 64.3 Å². The molecule has 0 spiro atoms. The molecule has 0 radical (unpaired) electrons. The summed E-state index contributed by atoms with van der Waals surface area (Å²) in [5.41, 5.74) is 0.462. The molecule has 1 aliphatic carbocycles. The molecule has 2 nitrogen and oxygen atoms in total. The van der Waals surface area contributed by atoms with Crippen LogP contribution in [0.4, 0.5) is 0 Å². The molecule has 1 aliphatic heterocycles. The predicted octanol–water partition coefficient (Wildman–Crippen LogP) is 4.14. The molecule has 2 heteroatoms. The quantitative estimate of drug-likeness (QED) is 0.601. The summed E-state index contributed by atoms with van der Waals surface area (Å²) in [5.74, 6) is 0.886. The van der Waals surface area contributed by atoms with E-state index < -0.39 is 0 Å². The minimum absolute atomic E-state index is 0.462. The van der Waals surface area contributed by atoms with Gasteiger partial charge in [0.05, 0.1) is 6.10 Å². The Hall–Kier alpha value is -0.0800. The number of ether oxygens (including phenoxy) is 1. The molecule has 1 heterocycles. The Morgan fingerprint density at radius 1 is 1.11 bits per heavy atom. The van der Waals surface area contributed by atoms with Crippen molar-refractivity contribution >= 4 is 0 Å². The van der Waals surface area contributed by atoms with Gasteiger partial charge in [0.25, 0.3) is 0 Å². The second-order valence-electron chi connectivity index (χ2n) is 6.69. The first-order valence-electron chi connectivity index (χ1n) is 8.64. The van der Waals surface area contributed by atoms with Gasteiger partial charge in [0.2, 0.25) is 0 Å². The van der Waals surface area contributed by atoms with Gasteiger partial charge < -0.3 is 10.1 Å². The number of hydrogen-bond acceptors (Lipinski definition) is 2. The van der Waals surface area contributed by atoms with E-state index in [1.807, 2.05) is 0 Å². The first-order valence-corrected chi connectivity index (χ1v) is 8.64. The summed E-state index contributed by atoms with van der Waals surface area (Å²) in [6.45, 7) is 7.78. The zero-order chi connectivity index (χ0) is 13.6. The van der Waals surface area contributed by atoms with Crippen LogP contribution in [0.15, 0.2) is 0 Å². The standard InChI is InChI=1S/C17H33NO/c1-3-5-6-7-8-11-17(14-18-4-2)12-13-19-16(17)15-9-10-15/h15-16,18H,3-14H2,1-2H3. The fourth-order valence-corrected chi connectivity index (χ4v) is 3.74. The summed E-state index contributed by atoms with van der Waals surface area (Å²) in [4.78, 5) is 0. The fraction of sp³-hybridized carbons (Fsp3) is 1.00. The van der Waals surface area contributed by atoms with Crippen LogP contribution in [0.25, 0.3) is 0 Å². The van der Waals surface area contributed by atoms with Crippen molar-refractivity contribution in [3.05, 3.63) is 0 Å². The highest BCUT2D eigenvalue weighted by molar-refractivity contribution is 5.00. The Kier molecular flexibility index (Phi) is 6.15. The summed E-state index contributed by atoms with van der Waals surface area (Å²) >= 11 is 0. The minimum atomic E-state index is 0.462. The zero-order valence-electron chi connectivity index (χ0n) is 13.0. The molecule has 2 atom stereocenters. The Morgan fingerprint density at radius 2 is 1.89 bits per heavy atom. The van der Waals surface area contributed by atoms with Gasteiger partial charge in [-0.1, -0.05) is 46.0 Å². The topological polar surface area (TPSA) is 21.3 Å². The van der Waals surface area contributed by atoms with E-state index in [-0.39, 0.29) is 0 Å². The fourth-order valence-electron chi connectivity index (χ4n) is 3.74. The molecule has 0 amide bonds. The van der Waals surface area contributed by atoms with Crippen LogP contribution in [0, 0.1) is 11.3 Å². The van der Waals surface area contributed by atoms with Crippen LogP contribution in [0.5, 0.6) is 0 Å². The summed E-state index contributed by atoms with van der Waals surface area (Å²) in [6, 6.07) is 0. The third kappa shape index (κ3) is 4.19. The molecule has 2 aliphatic rings. The number of hydrogen-bond donors (Lipinski definition) is 1. The second kappa shape index (κ2) is 7.64. The van der Waals surface area contributed by atoms with Crippen LogP contribution >= 0.6 is 0 Å². The average molecular weight is 267 g/mol. The Labute approximate surface area is 119 Å². The molecule has 1 saturated carbocycles. The van der Waals surface area contributed by atoms with Gasteiger partial charge in [-0.3, -0.25) is 0 Å². The molecule has 2 rings (SSSR count). The molecular weight excluding hydrogens is 234 g/mol. The number of nitrogens with one attached hydrogen (secondary N) is 1. The van der Waals surface area contributed by atoms with Crippen molar-refractivity contribution in [3.8, 4) is 0 Å². The van der Waals surface area contributed by atoms with Crippen LogP contribution in [0.3, 0.4) is 0 Å². The van der Waals surface area contributed by atoms with Gasteiger partial charge in [-0.05, 0) is 38.1 Å². The van der Waals surface area contributed by atoms with Gasteiger partial charge in [-0.15, -0.1) is 0 Å². The number of unbranched alkanes of at least 4 members (excludes halogenated alkanes) is 4. The van der Waals surface area contributed by atoms with Crippen LogP contribution in [-0.4, -0.2) is 25.8 Å². The van der Waals surface area contributed by atoms with Crippen molar-refractivity contribution in [2.75, 3.05) is 19.7 Å². The number of rotatable bonds is 10. The Morgan fingerprint density at radius 3 is 2.58 bits per heavy atom. The molecule has 112 valence electrons. The molecule has 0 aromatic carbocycles. The summed E-state index contributed by atoms with van der Waals surface area (Å²) in [5, 5.41) is 3.62. The van der Waals surface area contributed by atoms with E-state index in [2.05, 4.69) is 19.2 Å². The Bertz CT molecular complexity index is 252. The zero-order valence-corrected chi connectivity index (χ0v) is 13.0. The highest BCUT2D eigenvalue weighted by Gasteiger charge is 2.49. The van der Waals surface area contributed by atoms with Crippen molar-refractivity contribution in [2.24, 2.45) is 11.3 Å². The van der Waals surface area contributed by atoms with Gasteiger partial charge in [0.15, 0.2) is 0 Å². The van der Waals surface area contributed by atoms with Crippen molar-refractivity contribution in [1.82, 2.24) is 5.32 Å². The van der Waals surface area contributed by atoms with Crippen LogP contribution < -0.4 is 5.32 Å². The molecule has 1 saturated heterocycles. The predicted molar refractivity (Wildman–Crippen MR) is 81.4 cm³/mol. The van der Waals surface area contributed by atoms with Crippen LogP contribution in [0.1, 0.15) is 71.6 Å². The van der Waals surface area contributed by atoms with E-state index in [0.29, 0.717) is 11.5 Å². The lowest BCUT2D eigenvalue weighted by Crippen LogP contribution is -2.42. The van der Waals surface area contributed by atoms with Crippen LogP contribution in [-0.2, 0) is 4.74 Å². The van der Waals surface area contributed by atoms with E-state index in [1.54, 1.807) is 0 Å². The maximum absolute atomic E-state index is 6.13. The lowest BCUT2D eigenvalue weighted by Gasteiger charge is -2.35. The van der Waals surface area contributed by atoms with Crippen molar-refractivity contribution < 1.29 is 4.74 Å². The third-order valence-electron chi connectivity index (χ3n) is 5.06. The van der Waals surface area contributed by atoms with Gasteiger partial charge in [0, 0.05) is 18.6 Å². The normalized spacial score (nSPS) is 30.9. The summed E-state index contributed by atoms with van der Waals surface area (Å²) in [7, 11) is 0. The molecular formula is C17H33NO. The molecule has 1 N–H and O–H groups in total. The van der Waals surface area contributed by atoms with Crippen LogP contribution in [0.2, 0.25) is 0 Å². The van der Waals surface area contributed by atoms with Gasteiger partial charge in [-0.2, -0.15) is 0 Å². The lowest BCUT2D eigenvalue weighted by molar-refractivity contribution is 0.0255. The minimum Gasteiger partial charge on any atom is -0.377 e. The van der Waals surface area contributed by atoms with E-state index in [9.17, 15) is 0 Å². The van der Waals surface area contributed by atoms with E-state index in [4.69, 9.17) is 4.74 Å². The average Bonchev–Trinajstić information content (AvgIpc) is 3.18. The first-order chi connectivity index (χ1) is 9.32. The SMILES string of the molecule is CCCCCCCC1(CNCC)CCOC1C1CC1. The largest absolute Gasteiger partial charge is 0.377 e. The molecule has 19 heavy (non-hydrogen) atoms. The van der Waals surface area contributed by atoms with Crippen molar-refractivity contribution in [3.63, 3.8) is 0 Å². The Balaban J connectivity index is 1.83. The highest BCUT2D eigenvalue weighted by Crippen LogP contribution is 2.50. The second-order valence-corrected chi connectivity index (χ2v) is 6.69. The van der Waals surface area contributed by atoms with Gasteiger partial charge >= 0.3 is 0 Å². The maximum atomic E-state index is 6.13. The molecule has 2 unspecified atom stereocenters. The maximum Gasteiger partial charge on any atom is 0.0672 e. The smallest absolute Gasteiger partial charge is 0.0672 e. The molecule has 0 aromatic rings. The third-order valence-corrected chi connectivity index (χ3v) is 5.06. The van der Waals surface area contributed by atoms with Crippen molar-refractivity contribution in [2.45, 2.75) is 77.7 Å². The molecule has 0 bridgehead atoms. The molecule has 0 aromatic heterocycles. The van der Waals surface area contributed by atoms with E-state index in [0.717, 1.165) is 19.1 Å². The molecule has 2 fully saturated rings. The van der Waals surface area contributed by atoms with Gasteiger partial charge in [0.1, 0.15) is 0 Å². The summed E-state index contributed by atoms with van der Waals surface area (Å²) in [6.07, 6.45) is 13.0.